The summed E-state index contributed by atoms with van der Waals surface area (Å²) in [5, 5.41) is 1.39. The number of allylic oxidation sites excluding steroid dienone is 3. The Morgan fingerprint density at radius 2 is 2.03 bits per heavy atom. The van der Waals surface area contributed by atoms with Gasteiger partial charge in [0.15, 0.2) is 0 Å². The molecule has 158 valence electrons. The van der Waals surface area contributed by atoms with Crippen molar-refractivity contribution in [1.82, 2.24) is 9.80 Å². The molecule has 0 bridgehead atoms. The highest BCUT2D eigenvalue weighted by atomic mass is 35.5. The summed E-state index contributed by atoms with van der Waals surface area (Å²) in [6.45, 7) is 4.64. The Morgan fingerprint density at radius 3 is 2.69 bits per heavy atom. The molecule has 7 heteroatoms. The van der Waals surface area contributed by atoms with Gasteiger partial charge < -0.3 is 9.64 Å². The van der Waals surface area contributed by atoms with E-state index in [4.69, 9.17) is 27.9 Å². The number of hydrogen-bond acceptors (Lipinski definition) is 3. The second-order valence-corrected chi connectivity index (χ2v) is 8.05. The fraction of sp³-hybridized carbons (Fsp3) is 0.455. The van der Waals surface area contributed by atoms with Crippen LogP contribution in [0.2, 0.25) is 5.02 Å². The SMILES string of the molecule is C/C=C(/Cl)C/C=C\C(C)OC(=O)N1CCCC1C(=O)N(C)Cc1ccc(Cl)cc1. The predicted molar refractivity (Wildman–Crippen MR) is 117 cm³/mol. The van der Waals surface area contributed by atoms with Crippen LogP contribution in [0.3, 0.4) is 0 Å². The highest BCUT2D eigenvalue weighted by Crippen LogP contribution is 2.22. The molecule has 2 unspecified atom stereocenters. The van der Waals surface area contributed by atoms with Crippen LogP contribution in [0.1, 0.15) is 38.7 Å². The molecule has 2 atom stereocenters. The third kappa shape index (κ3) is 7.09. The Balaban J connectivity index is 1.92. The van der Waals surface area contributed by atoms with Gasteiger partial charge in [0.05, 0.1) is 0 Å². The van der Waals surface area contributed by atoms with Crippen molar-refractivity contribution in [3.8, 4) is 0 Å². The van der Waals surface area contributed by atoms with Crippen molar-refractivity contribution in [3.05, 3.63) is 58.1 Å². The molecule has 5 nitrogen and oxygen atoms in total. The second-order valence-electron chi connectivity index (χ2n) is 7.13. The van der Waals surface area contributed by atoms with E-state index in [-0.39, 0.29) is 5.91 Å². The smallest absolute Gasteiger partial charge is 0.411 e. The first-order valence-corrected chi connectivity index (χ1v) is 10.5. The van der Waals surface area contributed by atoms with E-state index < -0.39 is 18.2 Å². The first-order chi connectivity index (χ1) is 13.8. The van der Waals surface area contributed by atoms with Crippen molar-refractivity contribution in [2.24, 2.45) is 0 Å². The number of nitrogens with zero attached hydrogens (tertiary/aromatic N) is 2. The lowest BCUT2D eigenvalue weighted by Gasteiger charge is -2.28. The van der Waals surface area contributed by atoms with Gasteiger partial charge in [0.25, 0.3) is 0 Å². The Morgan fingerprint density at radius 1 is 1.34 bits per heavy atom. The zero-order valence-electron chi connectivity index (χ0n) is 17.1. The van der Waals surface area contributed by atoms with Crippen molar-refractivity contribution in [2.45, 2.75) is 51.8 Å². The number of benzene rings is 1. The highest BCUT2D eigenvalue weighted by molar-refractivity contribution is 6.30. The molecule has 0 radical (unpaired) electrons. The number of likely N-dealkylation sites (tertiary alicyclic amines) is 1. The highest BCUT2D eigenvalue weighted by Gasteiger charge is 2.37. The lowest BCUT2D eigenvalue weighted by atomic mass is 10.1. The summed E-state index contributed by atoms with van der Waals surface area (Å²) in [5.74, 6) is -0.0857. The fourth-order valence-corrected chi connectivity index (χ4v) is 3.41. The molecule has 1 aliphatic rings. The molecular weight excluding hydrogens is 411 g/mol. The quantitative estimate of drug-likeness (QED) is 0.537. The van der Waals surface area contributed by atoms with Crippen molar-refractivity contribution in [3.63, 3.8) is 0 Å². The number of rotatable bonds is 7. The van der Waals surface area contributed by atoms with Crippen LogP contribution in [0.4, 0.5) is 4.79 Å². The van der Waals surface area contributed by atoms with E-state index in [0.29, 0.717) is 31.0 Å². The zero-order chi connectivity index (χ0) is 21.4. The second kappa shape index (κ2) is 11.3. The maximum absolute atomic E-state index is 12.9. The Hall–Kier alpha value is -1.98. The normalized spacial score (nSPS) is 18.2. The molecule has 1 saturated heterocycles. The molecule has 0 spiro atoms. The Bertz CT molecular complexity index is 762. The molecular formula is C22H28Cl2N2O3. The standard InChI is InChI=1S/C22H28Cl2N2O3/c1-4-18(23)8-5-7-16(2)29-22(28)26-14-6-9-20(26)21(27)25(3)15-17-10-12-19(24)13-11-17/h4-5,7,10-13,16,20H,6,8-9,14-15H2,1-3H3/b7-5-,18-4+. The monoisotopic (exact) mass is 438 g/mol. The summed E-state index contributed by atoms with van der Waals surface area (Å²) in [5.41, 5.74) is 0.982. The van der Waals surface area contributed by atoms with Gasteiger partial charge in [0.1, 0.15) is 12.1 Å². The summed E-state index contributed by atoms with van der Waals surface area (Å²) in [6, 6.07) is 6.88. The molecule has 1 aromatic rings. The van der Waals surface area contributed by atoms with Gasteiger partial charge in [-0.2, -0.15) is 0 Å². The number of hydrogen-bond donors (Lipinski definition) is 0. The lowest BCUT2D eigenvalue weighted by molar-refractivity contribution is -0.134. The largest absolute Gasteiger partial charge is 0.442 e. The van der Waals surface area contributed by atoms with Crippen LogP contribution in [-0.4, -0.2) is 47.5 Å². The van der Waals surface area contributed by atoms with Crippen molar-refractivity contribution < 1.29 is 14.3 Å². The van der Waals surface area contributed by atoms with Gasteiger partial charge in [0.2, 0.25) is 5.91 Å². The Labute approximate surface area is 182 Å². The van der Waals surface area contributed by atoms with E-state index >= 15 is 0 Å². The van der Waals surface area contributed by atoms with E-state index in [1.54, 1.807) is 37.1 Å². The van der Waals surface area contributed by atoms with Gasteiger partial charge in [-0.3, -0.25) is 9.69 Å². The Kier molecular flexibility index (Phi) is 9.05. The van der Waals surface area contributed by atoms with Gasteiger partial charge in [-0.15, -0.1) is 0 Å². The summed E-state index contributed by atoms with van der Waals surface area (Å²) in [4.78, 5) is 28.7. The van der Waals surface area contributed by atoms with E-state index in [2.05, 4.69) is 0 Å². The number of amides is 2. The van der Waals surface area contributed by atoms with Gasteiger partial charge in [-0.25, -0.2) is 4.79 Å². The van der Waals surface area contributed by atoms with Crippen molar-refractivity contribution >= 4 is 35.2 Å². The van der Waals surface area contributed by atoms with Gasteiger partial charge >= 0.3 is 6.09 Å². The van der Waals surface area contributed by atoms with Crippen LogP contribution in [0.15, 0.2) is 47.5 Å². The maximum atomic E-state index is 12.9. The molecule has 0 aromatic heterocycles. The molecule has 0 saturated carbocycles. The average molecular weight is 439 g/mol. The predicted octanol–water partition coefficient (Wildman–Crippen LogP) is 5.38. The third-order valence-electron chi connectivity index (χ3n) is 4.80. The van der Waals surface area contributed by atoms with E-state index in [1.165, 1.54) is 4.90 Å². The van der Waals surface area contributed by atoms with E-state index in [9.17, 15) is 9.59 Å². The molecule has 1 heterocycles. The summed E-state index contributed by atoms with van der Waals surface area (Å²) < 4.78 is 5.49. The molecule has 2 amide bonds. The summed E-state index contributed by atoms with van der Waals surface area (Å²) >= 11 is 11.9. The van der Waals surface area contributed by atoms with Gasteiger partial charge in [-0.05, 0) is 50.5 Å². The minimum absolute atomic E-state index is 0.0857. The molecule has 2 rings (SSSR count). The number of carbonyl (C=O) groups excluding carboxylic acids is 2. The minimum atomic E-state index is -0.492. The molecule has 29 heavy (non-hydrogen) atoms. The van der Waals surface area contributed by atoms with Crippen molar-refractivity contribution in [1.29, 1.82) is 0 Å². The molecule has 0 N–H and O–H groups in total. The number of carbonyl (C=O) groups is 2. The van der Waals surface area contributed by atoms with Gasteiger partial charge in [0, 0.05) is 36.6 Å². The molecule has 1 fully saturated rings. The zero-order valence-corrected chi connectivity index (χ0v) is 18.6. The first kappa shape index (κ1) is 23.3. The van der Waals surface area contributed by atoms with Crippen LogP contribution < -0.4 is 0 Å². The summed E-state index contributed by atoms with van der Waals surface area (Å²) in [7, 11) is 1.75. The lowest BCUT2D eigenvalue weighted by Crippen LogP contribution is -2.47. The van der Waals surface area contributed by atoms with Crippen LogP contribution in [-0.2, 0) is 16.1 Å². The fourth-order valence-electron chi connectivity index (χ4n) is 3.19. The molecule has 1 aliphatic heterocycles. The maximum Gasteiger partial charge on any atom is 0.411 e. The van der Waals surface area contributed by atoms with Crippen molar-refractivity contribution in [2.75, 3.05) is 13.6 Å². The van der Waals surface area contributed by atoms with Crippen LogP contribution in [0, 0.1) is 0 Å². The number of likely N-dealkylation sites (N-methyl/N-ethyl adjacent to an activating group) is 1. The molecule has 1 aromatic carbocycles. The topological polar surface area (TPSA) is 49.9 Å². The van der Waals surface area contributed by atoms with Crippen LogP contribution in [0.25, 0.3) is 0 Å². The van der Waals surface area contributed by atoms with Crippen LogP contribution >= 0.6 is 23.2 Å². The average Bonchev–Trinajstić information content (AvgIpc) is 3.18. The first-order valence-electron chi connectivity index (χ1n) is 9.75. The van der Waals surface area contributed by atoms with Crippen LogP contribution in [0.5, 0.6) is 0 Å². The third-order valence-corrected chi connectivity index (χ3v) is 5.43. The number of halogens is 2. The number of ether oxygens (including phenoxy) is 1. The summed E-state index contributed by atoms with van der Waals surface area (Å²) in [6.07, 6.45) is 6.64. The van der Waals surface area contributed by atoms with E-state index in [0.717, 1.165) is 17.0 Å². The minimum Gasteiger partial charge on any atom is -0.442 e. The molecule has 0 aliphatic carbocycles. The van der Waals surface area contributed by atoms with Gasteiger partial charge in [-0.1, -0.05) is 47.5 Å². The van der Waals surface area contributed by atoms with E-state index in [1.807, 2.05) is 31.2 Å².